The van der Waals surface area contributed by atoms with Crippen LogP contribution in [0.25, 0.3) is 0 Å². The normalized spacial score (nSPS) is 29.6. The van der Waals surface area contributed by atoms with Gasteiger partial charge in [0.1, 0.15) is 12.0 Å². The highest BCUT2D eigenvalue weighted by Gasteiger charge is 2.52. The van der Waals surface area contributed by atoms with Crippen molar-refractivity contribution in [2.24, 2.45) is 0 Å². The molecule has 5 nitrogen and oxygen atoms in total. The van der Waals surface area contributed by atoms with Crippen molar-refractivity contribution < 1.29 is 14.3 Å². The maximum atomic E-state index is 12.8. The van der Waals surface area contributed by atoms with Gasteiger partial charge in [0, 0.05) is 24.4 Å². The molecular formula is C14H17BrN2O3. The van der Waals surface area contributed by atoms with Crippen LogP contribution in [-0.4, -0.2) is 30.8 Å². The number of rotatable bonds is 2. The molecule has 1 aromatic heterocycles. The van der Waals surface area contributed by atoms with Crippen molar-refractivity contribution in [1.82, 2.24) is 4.98 Å². The minimum absolute atomic E-state index is 0.110. The fraction of sp³-hybridized carbons (Fsp3) is 0.571. The molecule has 0 aliphatic carbocycles. The Bertz CT molecular complexity index is 545. The number of amides is 1. The number of hydrogen-bond donors (Lipinski definition) is 0. The summed E-state index contributed by atoms with van der Waals surface area (Å²) in [5.41, 5.74) is -0.231. The second-order valence-corrected chi connectivity index (χ2v) is 6.08. The summed E-state index contributed by atoms with van der Waals surface area (Å²) in [4.78, 5) is 18.9. The molecule has 20 heavy (non-hydrogen) atoms. The number of halogens is 1. The van der Waals surface area contributed by atoms with E-state index in [0.29, 0.717) is 12.4 Å². The smallest absolute Gasteiger partial charge is 0.267 e. The van der Waals surface area contributed by atoms with Crippen LogP contribution in [0.3, 0.4) is 0 Å². The molecule has 6 heteroatoms. The largest absolute Gasteiger partial charge is 0.364 e. The highest BCUT2D eigenvalue weighted by Crippen LogP contribution is 2.46. The zero-order valence-electron chi connectivity index (χ0n) is 11.6. The van der Waals surface area contributed by atoms with E-state index in [-0.39, 0.29) is 12.1 Å². The van der Waals surface area contributed by atoms with Crippen LogP contribution in [0.2, 0.25) is 0 Å². The Kier molecular flexibility index (Phi) is 3.56. The summed E-state index contributed by atoms with van der Waals surface area (Å²) in [6.07, 6.45) is 4.38. The second-order valence-electron chi connectivity index (χ2n) is 5.23. The van der Waals surface area contributed by atoms with Crippen LogP contribution in [0.1, 0.15) is 31.7 Å². The van der Waals surface area contributed by atoms with Crippen molar-refractivity contribution in [3.05, 3.63) is 22.3 Å². The quantitative estimate of drug-likeness (QED) is 0.830. The average Bonchev–Trinajstić information content (AvgIpc) is 2.70. The molecule has 3 heterocycles. The molecule has 0 saturated carbocycles. The standard InChI is InChI=1S/C14H17BrN2O3/c1-14(19-2)11-9(15)6-7-16-12(11)17(13(14)18)10-5-3-4-8-20-10/h6-7,10H,3-5,8H2,1-2H3/t10?,14-/m1/s1. The molecule has 0 aromatic carbocycles. The third-order valence-electron chi connectivity index (χ3n) is 4.06. The number of hydrogen-bond acceptors (Lipinski definition) is 4. The number of carbonyl (C=O) groups is 1. The molecular weight excluding hydrogens is 324 g/mol. The van der Waals surface area contributed by atoms with E-state index in [1.165, 1.54) is 0 Å². The Morgan fingerprint density at radius 3 is 3.00 bits per heavy atom. The third kappa shape index (κ3) is 1.89. The number of ether oxygens (including phenoxy) is 2. The van der Waals surface area contributed by atoms with Crippen molar-refractivity contribution in [3.8, 4) is 0 Å². The highest BCUT2D eigenvalue weighted by molar-refractivity contribution is 9.10. The van der Waals surface area contributed by atoms with Gasteiger partial charge in [-0.15, -0.1) is 0 Å². The van der Waals surface area contributed by atoms with Gasteiger partial charge in [-0.05, 0) is 32.3 Å². The fourth-order valence-electron chi connectivity index (χ4n) is 2.87. The molecule has 2 aliphatic rings. The van der Waals surface area contributed by atoms with E-state index < -0.39 is 5.60 Å². The summed E-state index contributed by atoms with van der Waals surface area (Å²) in [6.45, 7) is 2.46. The predicted molar refractivity (Wildman–Crippen MR) is 77.4 cm³/mol. The van der Waals surface area contributed by atoms with Crippen molar-refractivity contribution in [2.45, 2.75) is 38.0 Å². The monoisotopic (exact) mass is 340 g/mol. The van der Waals surface area contributed by atoms with Gasteiger partial charge in [-0.1, -0.05) is 15.9 Å². The summed E-state index contributed by atoms with van der Waals surface area (Å²) in [6, 6.07) is 1.83. The molecule has 1 saturated heterocycles. The molecule has 1 unspecified atom stereocenters. The van der Waals surface area contributed by atoms with Gasteiger partial charge in [0.2, 0.25) is 0 Å². The van der Waals surface area contributed by atoms with E-state index in [9.17, 15) is 4.79 Å². The Labute approximate surface area is 126 Å². The summed E-state index contributed by atoms with van der Waals surface area (Å²) in [5, 5.41) is 0. The molecule has 1 fully saturated rings. The van der Waals surface area contributed by atoms with Gasteiger partial charge >= 0.3 is 0 Å². The number of fused-ring (bicyclic) bond motifs is 1. The minimum Gasteiger partial charge on any atom is -0.364 e. The van der Waals surface area contributed by atoms with Crippen LogP contribution >= 0.6 is 15.9 Å². The Morgan fingerprint density at radius 2 is 2.35 bits per heavy atom. The van der Waals surface area contributed by atoms with Crippen LogP contribution in [0.15, 0.2) is 16.7 Å². The first-order valence-corrected chi connectivity index (χ1v) is 7.54. The molecule has 1 amide bonds. The van der Waals surface area contributed by atoms with Gasteiger partial charge in [0.05, 0.1) is 5.56 Å². The highest BCUT2D eigenvalue weighted by atomic mass is 79.9. The topological polar surface area (TPSA) is 51.7 Å². The van der Waals surface area contributed by atoms with Gasteiger partial charge < -0.3 is 9.47 Å². The van der Waals surface area contributed by atoms with E-state index in [2.05, 4.69) is 20.9 Å². The van der Waals surface area contributed by atoms with Crippen LogP contribution in [0, 0.1) is 0 Å². The van der Waals surface area contributed by atoms with Gasteiger partial charge in [-0.3, -0.25) is 9.69 Å². The zero-order valence-corrected chi connectivity index (χ0v) is 13.1. The molecule has 0 spiro atoms. The van der Waals surface area contributed by atoms with Crippen LogP contribution in [-0.2, 0) is 19.9 Å². The van der Waals surface area contributed by atoms with Crippen molar-refractivity contribution in [1.29, 1.82) is 0 Å². The van der Waals surface area contributed by atoms with Crippen LogP contribution in [0.5, 0.6) is 0 Å². The Morgan fingerprint density at radius 1 is 1.55 bits per heavy atom. The van der Waals surface area contributed by atoms with E-state index in [1.807, 2.05) is 6.07 Å². The van der Waals surface area contributed by atoms with E-state index in [0.717, 1.165) is 29.3 Å². The summed E-state index contributed by atoms with van der Waals surface area (Å²) >= 11 is 3.50. The van der Waals surface area contributed by atoms with Crippen molar-refractivity contribution in [2.75, 3.05) is 18.6 Å². The maximum Gasteiger partial charge on any atom is 0.267 e. The van der Waals surface area contributed by atoms with Crippen LogP contribution < -0.4 is 4.90 Å². The number of methoxy groups -OCH3 is 1. The molecule has 108 valence electrons. The molecule has 2 atom stereocenters. The number of aromatic nitrogens is 1. The average molecular weight is 341 g/mol. The molecule has 3 rings (SSSR count). The third-order valence-corrected chi connectivity index (χ3v) is 4.72. The lowest BCUT2D eigenvalue weighted by Gasteiger charge is -2.32. The first kappa shape index (κ1) is 14.0. The van der Waals surface area contributed by atoms with E-state index >= 15 is 0 Å². The maximum absolute atomic E-state index is 12.8. The first-order chi connectivity index (χ1) is 9.59. The molecule has 2 aliphatic heterocycles. The number of pyridine rings is 1. The lowest BCUT2D eigenvalue weighted by molar-refractivity contribution is -0.141. The van der Waals surface area contributed by atoms with Gasteiger partial charge in [0.15, 0.2) is 5.60 Å². The van der Waals surface area contributed by atoms with Gasteiger partial charge in [-0.2, -0.15) is 0 Å². The first-order valence-electron chi connectivity index (χ1n) is 6.75. The molecule has 1 aromatic rings. The van der Waals surface area contributed by atoms with Gasteiger partial charge in [0.25, 0.3) is 5.91 Å². The van der Waals surface area contributed by atoms with Crippen LogP contribution in [0.4, 0.5) is 5.82 Å². The predicted octanol–water partition coefficient (Wildman–Crippen LogP) is 2.58. The van der Waals surface area contributed by atoms with E-state index in [4.69, 9.17) is 9.47 Å². The fourth-order valence-corrected chi connectivity index (χ4v) is 3.54. The number of carbonyl (C=O) groups excluding carboxylic acids is 1. The van der Waals surface area contributed by atoms with Gasteiger partial charge in [-0.25, -0.2) is 4.98 Å². The number of anilines is 1. The zero-order chi connectivity index (χ0) is 14.3. The molecule has 0 N–H and O–H groups in total. The van der Waals surface area contributed by atoms with Crippen molar-refractivity contribution >= 4 is 27.7 Å². The minimum atomic E-state index is -1.01. The summed E-state index contributed by atoms with van der Waals surface area (Å²) in [5.74, 6) is 0.530. The Balaban J connectivity index is 2.10. The molecule has 0 bridgehead atoms. The lowest BCUT2D eigenvalue weighted by atomic mass is 9.99. The lowest BCUT2D eigenvalue weighted by Crippen LogP contribution is -2.47. The SMILES string of the molecule is CO[C@@]1(C)C(=O)N(C2CCCCO2)c2nccc(Br)c21. The number of nitrogens with zero attached hydrogens (tertiary/aromatic N) is 2. The second kappa shape index (κ2) is 5.09. The Hall–Kier alpha value is -0.980. The van der Waals surface area contributed by atoms with E-state index in [1.54, 1.807) is 25.1 Å². The summed E-state index contributed by atoms with van der Waals surface area (Å²) in [7, 11) is 1.55. The summed E-state index contributed by atoms with van der Waals surface area (Å²) < 4.78 is 12.1. The van der Waals surface area contributed by atoms with Crippen molar-refractivity contribution in [3.63, 3.8) is 0 Å². The molecule has 0 radical (unpaired) electrons.